The number of hydrogen-bond acceptors (Lipinski definition) is 3. The minimum Gasteiger partial charge on any atom is -0.331 e. The molecule has 1 amide bonds. The molecule has 0 atom stereocenters. The maximum atomic E-state index is 12.9. The molecule has 0 aromatic heterocycles. The average molecular weight is 374 g/mol. The molecule has 26 heavy (non-hydrogen) atoms. The molecule has 0 aliphatic carbocycles. The summed E-state index contributed by atoms with van der Waals surface area (Å²) in [5.41, 5.74) is 0.711. The number of carbonyl (C=O) groups is 1. The van der Waals surface area contributed by atoms with E-state index in [1.165, 1.54) is 36.4 Å². The van der Waals surface area contributed by atoms with Crippen molar-refractivity contribution in [3.05, 3.63) is 85.2 Å². The Morgan fingerprint density at radius 1 is 1.00 bits per heavy atom. The summed E-state index contributed by atoms with van der Waals surface area (Å²) >= 11 is 0. The van der Waals surface area contributed by atoms with Crippen molar-refractivity contribution < 1.29 is 17.6 Å². The van der Waals surface area contributed by atoms with Gasteiger partial charge in [0.1, 0.15) is 5.82 Å². The minimum absolute atomic E-state index is 0.0535. The third-order valence-corrected chi connectivity index (χ3v) is 4.89. The SMILES string of the molecule is C=CCN(CC=C)C(=O)c1ccc(NS(=O)(=O)c2ccc(F)cc2)cc1. The Hall–Kier alpha value is -2.93. The van der Waals surface area contributed by atoms with Crippen LogP contribution in [0.15, 0.2) is 78.7 Å². The molecule has 1 N–H and O–H groups in total. The number of anilines is 1. The summed E-state index contributed by atoms with van der Waals surface area (Å²) in [5.74, 6) is -0.729. The van der Waals surface area contributed by atoms with Crippen molar-refractivity contribution in [3.63, 3.8) is 0 Å². The van der Waals surface area contributed by atoms with Crippen LogP contribution in [0.2, 0.25) is 0 Å². The molecule has 2 rings (SSSR count). The molecule has 2 aromatic carbocycles. The molecule has 0 fully saturated rings. The molecule has 136 valence electrons. The van der Waals surface area contributed by atoms with Gasteiger partial charge in [-0.05, 0) is 48.5 Å². The van der Waals surface area contributed by atoms with Crippen LogP contribution in [-0.2, 0) is 10.0 Å². The minimum atomic E-state index is -3.84. The second kappa shape index (κ2) is 8.44. The molecule has 2 aromatic rings. The van der Waals surface area contributed by atoms with E-state index in [2.05, 4.69) is 17.9 Å². The van der Waals surface area contributed by atoms with Crippen LogP contribution in [0.1, 0.15) is 10.4 Å². The number of sulfonamides is 1. The van der Waals surface area contributed by atoms with Gasteiger partial charge in [-0.25, -0.2) is 12.8 Å². The summed E-state index contributed by atoms with van der Waals surface area (Å²) in [6.07, 6.45) is 3.24. The maximum Gasteiger partial charge on any atom is 0.261 e. The summed E-state index contributed by atoms with van der Waals surface area (Å²) in [7, 11) is -3.84. The molecule has 0 aliphatic heterocycles. The highest BCUT2D eigenvalue weighted by molar-refractivity contribution is 7.92. The van der Waals surface area contributed by atoms with Gasteiger partial charge in [-0.15, -0.1) is 13.2 Å². The van der Waals surface area contributed by atoms with E-state index in [0.29, 0.717) is 24.3 Å². The highest BCUT2D eigenvalue weighted by Gasteiger charge is 2.16. The number of carbonyl (C=O) groups excluding carboxylic acids is 1. The summed E-state index contributed by atoms with van der Waals surface area (Å²) in [6, 6.07) is 10.6. The van der Waals surface area contributed by atoms with Gasteiger partial charge in [0, 0.05) is 24.3 Å². The van der Waals surface area contributed by atoms with Crippen LogP contribution in [0.4, 0.5) is 10.1 Å². The molecule has 0 bridgehead atoms. The van der Waals surface area contributed by atoms with Crippen LogP contribution < -0.4 is 4.72 Å². The first kappa shape index (κ1) is 19.4. The highest BCUT2D eigenvalue weighted by Crippen LogP contribution is 2.18. The lowest BCUT2D eigenvalue weighted by atomic mass is 10.2. The summed E-state index contributed by atoms with van der Waals surface area (Å²) in [6.45, 7) is 8.00. The zero-order chi connectivity index (χ0) is 19.2. The van der Waals surface area contributed by atoms with Crippen molar-refractivity contribution >= 4 is 21.6 Å². The van der Waals surface area contributed by atoms with Crippen LogP contribution in [0, 0.1) is 5.82 Å². The van der Waals surface area contributed by atoms with Gasteiger partial charge in [-0.1, -0.05) is 12.2 Å². The second-order valence-electron chi connectivity index (χ2n) is 5.42. The van der Waals surface area contributed by atoms with Crippen molar-refractivity contribution in [1.29, 1.82) is 0 Å². The fourth-order valence-corrected chi connectivity index (χ4v) is 3.30. The maximum absolute atomic E-state index is 12.9. The Labute approximate surface area is 152 Å². The van der Waals surface area contributed by atoms with E-state index < -0.39 is 15.8 Å². The summed E-state index contributed by atoms with van der Waals surface area (Å²) in [5, 5.41) is 0. The predicted molar refractivity (Wildman–Crippen MR) is 99.9 cm³/mol. The summed E-state index contributed by atoms with van der Waals surface area (Å²) in [4.78, 5) is 13.9. The zero-order valence-electron chi connectivity index (χ0n) is 14.1. The van der Waals surface area contributed by atoms with E-state index in [1.54, 1.807) is 17.1 Å². The number of halogens is 1. The summed E-state index contributed by atoms with van der Waals surface area (Å²) < 4.78 is 39.9. The Kier molecular flexibility index (Phi) is 6.30. The monoisotopic (exact) mass is 374 g/mol. The predicted octanol–water partition coefficient (Wildman–Crippen LogP) is 3.44. The Bertz CT molecular complexity index is 881. The average Bonchev–Trinajstić information content (AvgIpc) is 2.61. The number of benzene rings is 2. The quantitative estimate of drug-likeness (QED) is 0.720. The molecule has 7 heteroatoms. The molecule has 0 saturated heterocycles. The van der Waals surface area contributed by atoms with Gasteiger partial charge in [0.15, 0.2) is 0 Å². The zero-order valence-corrected chi connectivity index (χ0v) is 14.9. The van der Waals surface area contributed by atoms with Crippen molar-refractivity contribution in [2.75, 3.05) is 17.8 Å². The number of hydrogen-bond donors (Lipinski definition) is 1. The van der Waals surface area contributed by atoms with Crippen molar-refractivity contribution in [2.45, 2.75) is 4.90 Å². The van der Waals surface area contributed by atoms with Crippen molar-refractivity contribution in [2.24, 2.45) is 0 Å². The Morgan fingerprint density at radius 3 is 2.04 bits per heavy atom. The number of nitrogens with zero attached hydrogens (tertiary/aromatic N) is 1. The van der Waals surface area contributed by atoms with Crippen LogP contribution in [-0.4, -0.2) is 32.3 Å². The largest absolute Gasteiger partial charge is 0.331 e. The van der Waals surface area contributed by atoms with Gasteiger partial charge in [0.25, 0.3) is 15.9 Å². The van der Waals surface area contributed by atoms with E-state index >= 15 is 0 Å². The molecule has 0 aliphatic rings. The molecule has 0 spiro atoms. The first-order chi connectivity index (χ1) is 12.4. The molecule has 0 unspecified atom stereocenters. The lowest BCUT2D eigenvalue weighted by molar-refractivity contribution is 0.0791. The standard InChI is InChI=1S/C19H19FN2O3S/c1-3-13-22(14-4-2)19(23)15-5-9-17(10-6-15)21-26(24,25)18-11-7-16(20)8-12-18/h3-12,21H,1-2,13-14H2. The Balaban J connectivity index is 2.16. The first-order valence-corrected chi connectivity index (χ1v) is 9.25. The molecular weight excluding hydrogens is 355 g/mol. The van der Waals surface area contributed by atoms with Crippen molar-refractivity contribution in [1.82, 2.24) is 4.90 Å². The van der Waals surface area contributed by atoms with Crippen LogP contribution in [0.3, 0.4) is 0 Å². The molecular formula is C19H19FN2O3S. The first-order valence-electron chi connectivity index (χ1n) is 7.77. The highest BCUT2D eigenvalue weighted by atomic mass is 32.2. The fourth-order valence-electron chi connectivity index (χ4n) is 2.24. The van der Waals surface area contributed by atoms with Gasteiger partial charge in [-0.2, -0.15) is 0 Å². The lowest BCUT2D eigenvalue weighted by Crippen LogP contribution is -2.31. The van der Waals surface area contributed by atoms with Crippen molar-refractivity contribution in [3.8, 4) is 0 Å². The third kappa shape index (κ3) is 4.80. The van der Waals surface area contributed by atoms with Gasteiger partial charge in [0.05, 0.1) is 4.90 Å². The molecule has 5 nitrogen and oxygen atoms in total. The lowest BCUT2D eigenvalue weighted by Gasteiger charge is -2.19. The number of amides is 1. The Morgan fingerprint density at radius 2 is 1.54 bits per heavy atom. The van der Waals surface area contributed by atoms with E-state index in [4.69, 9.17) is 0 Å². The van der Waals surface area contributed by atoms with Crippen LogP contribution >= 0.6 is 0 Å². The van der Waals surface area contributed by atoms with Gasteiger partial charge in [0.2, 0.25) is 0 Å². The van der Waals surface area contributed by atoms with Gasteiger partial charge < -0.3 is 4.90 Å². The van der Waals surface area contributed by atoms with E-state index in [-0.39, 0.29) is 10.8 Å². The number of nitrogens with one attached hydrogen (secondary N) is 1. The van der Waals surface area contributed by atoms with E-state index in [9.17, 15) is 17.6 Å². The third-order valence-electron chi connectivity index (χ3n) is 3.49. The molecule has 0 radical (unpaired) electrons. The van der Waals surface area contributed by atoms with Crippen LogP contribution in [0.25, 0.3) is 0 Å². The fraction of sp³-hybridized carbons (Fsp3) is 0.105. The number of rotatable bonds is 8. The van der Waals surface area contributed by atoms with E-state index in [1.807, 2.05) is 0 Å². The second-order valence-corrected chi connectivity index (χ2v) is 7.11. The normalized spacial score (nSPS) is 10.8. The van der Waals surface area contributed by atoms with E-state index in [0.717, 1.165) is 12.1 Å². The smallest absolute Gasteiger partial charge is 0.261 e. The van der Waals surface area contributed by atoms with Gasteiger partial charge >= 0.3 is 0 Å². The van der Waals surface area contributed by atoms with Crippen LogP contribution in [0.5, 0.6) is 0 Å². The molecule has 0 saturated carbocycles. The molecule has 0 heterocycles. The van der Waals surface area contributed by atoms with Gasteiger partial charge in [-0.3, -0.25) is 9.52 Å². The topological polar surface area (TPSA) is 66.5 Å².